The monoisotopic (exact) mass is 359 g/mol. The molecule has 0 aromatic heterocycles. The van der Waals surface area contributed by atoms with Crippen molar-refractivity contribution < 1.29 is 9.90 Å². The van der Waals surface area contributed by atoms with Crippen LogP contribution >= 0.6 is 11.6 Å². The maximum Gasteiger partial charge on any atom is 0.238 e. The van der Waals surface area contributed by atoms with Crippen molar-refractivity contribution in [3.05, 3.63) is 53.1 Å². The number of nitrogens with zero attached hydrogens (tertiary/aromatic N) is 2. The van der Waals surface area contributed by atoms with Crippen molar-refractivity contribution >= 4 is 28.9 Å². The fourth-order valence-electron chi connectivity index (χ4n) is 2.95. The van der Waals surface area contributed by atoms with Crippen LogP contribution in [0.4, 0.5) is 11.4 Å². The number of piperazine rings is 1. The second-order valence-electron chi connectivity index (χ2n) is 6.26. The minimum absolute atomic E-state index is 0.0454. The van der Waals surface area contributed by atoms with Gasteiger partial charge in [-0.1, -0.05) is 29.8 Å². The largest absolute Gasteiger partial charge is 0.506 e. The van der Waals surface area contributed by atoms with Gasteiger partial charge in [0.15, 0.2) is 0 Å². The van der Waals surface area contributed by atoms with Crippen LogP contribution in [0.5, 0.6) is 5.75 Å². The van der Waals surface area contributed by atoms with E-state index in [9.17, 15) is 9.90 Å². The highest BCUT2D eigenvalue weighted by Gasteiger charge is 2.20. The Balaban J connectivity index is 1.51. The van der Waals surface area contributed by atoms with Gasteiger partial charge in [0.05, 0.1) is 12.2 Å². The Morgan fingerprint density at radius 2 is 1.88 bits per heavy atom. The average molecular weight is 360 g/mol. The number of hydrogen-bond donors (Lipinski definition) is 2. The minimum atomic E-state index is -0.0454. The second-order valence-corrected chi connectivity index (χ2v) is 6.67. The first-order valence-electron chi connectivity index (χ1n) is 8.34. The Hall–Kier alpha value is -2.24. The van der Waals surface area contributed by atoms with Crippen molar-refractivity contribution in [3.63, 3.8) is 0 Å². The molecule has 0 spiro atoms. The van der Waals surface area contributed by atoms with Crippen LogP contribution in [-0.4, -0.2) is 48.6 Å². The molecule has 2 aromatic carbocycles. The Morgan fingerprint density at radius 3 is 2.56 bits per heavy atom. The van der Waals surface area contributed by atoms with Gasteiger partial charge in [-0.15, -0.1) is 0 Å². The van der Waals surface area contributed by atoms with E-state index in [1.807, 2.05) is 37.3 Å². The van der Waals surface area contributed by atoms with Crippen molar-refractivity contribution in [1.82, 2.24) is 4.90 Å². The van der Waals surface area contributed by atoms with Crippen LogP contribution in [-0.2, 0) is 4.79 Å². The number of rotatable bonds is 4. The van der Waals surface area contributed by atoms with Crippen molar-refractivity contribution in [2.24, 2.45) is 0 Å². The molecule has 5 nitrogen and oxygen atoms in total. The minimum Gasteiger partial charge on any atom is -0.506 e. The fourth-order valence-corrected chi connectivity index (χ4v) is 3.13. The number of aromatic hydroxyl groups is 1. The number of benzene rings is 2. The molecule has 132 valence electrons. The number of phenols is 1. The Kier molecular flexibility index (Phi) is 5.46. The van der Waals surface area contributed by atoms with Gasteiger partial charge in [0.25, 0.3) is 0 Å². The van der Waals surface area contributed by atoms with Crippen LogP contribution in [0.3, 0.4) is 0 Å². The third-order valence-corrected chi connectivity index (χ3v) is 4.82. The molecule has 2 N–H and O–H groups in total. The second kappa shape index (κ2) is 7.76. The Bertz CT molecular complexity index is 758. The maximum absolute atomic E-state index is 12.2. The number of para-hydroxylation sites is 2. The summed E-state index contributed by atoms with van der Waals surface area (Å²) in [4.78, 5) is 16.5. The number of halogens is 1. The number of anilines is 2. The molecule has 3 rings (SSSR count). The summed E-state index contributed by atoms with van der Waals surface area (Å²) in [7, 11) is 0. The van der Waals surface area contributed by atoms with E-state index in [1.165, 1.54) is 0 Å². The topological polar surface area (TPSA) is 55.8 Å². The number of carbonyl (C=O) groups excluding carboxylic acids is 1. The van der Waals surface area contributed by atoms with Gasteiger partial charge < -0.3 is 15.3 Å². The molecule has 25 heavy (non-hydrogen) atoms. The highest BCUT2D eigenvalue weighted by molar-refractivity contribution is 6.31. The lowest BCUT2D eigenvalue weighted by Crippen LogP contribution is -2.48. The van der Waals surface area contributed by atoms with Crippen LogP contribution in [0.25, 0.3) is 0 Å². The summed E-state index contributed by atoms with van der Waals surface area (Å²) in [6.07, 6.45) is 0. The van der Waals surface area contributed by atoms with Crippen molar-refractivity contribution in [2.75, 3.05) is 42.9 Å². The number of amides is 1. The summed E-state index contributed by atoms with van der Waals surface area (Å²) in [5, 5.41) is 13.5. The van der Waals surface area contributed by atoms with Crippen LogP contribution < -0.4 is 10.2 Å². The standard InChI is InChI=1S/C19H22ClN3O2/c1-14-6-7-15(12-16(14)20)21-19(25)13-22-8-10-23(11-9-22)17-4-2-3-5-18(17)24/h2-7,12,24H,8-11,13H2,1H3,(H,21,25). The van der Waals surface area contributed by atoms with Gasteiger partial charge >= 0.3 is 0 Å². The molecule has 0 radical (unpaired) electrons. The average Bonchev–Trinajstić information content (AvgIpc) is 2.59. The van der Waals surface area contributed by atoms with E-state index in [0.29, 0.717) is 23.0 Å². The normalized spacial score (nSPS) is 15.2. The van der Waals surface area contributed by atoms with Gasteiger partial charge in [0.1, 0.15) is 5.75 Å². The van der Waals surface area contributed by atoms with Gasteiger partial charge in [0.2, 0.25) is 5.91 Å². The molecular formula is C19H22ClN3O2. The molecule has 0 saturated carbocycles. The van der Waals surface area contributed by atoms with Crippen molar-refractivity contribution in [3.8, 4) is 5.75 Å². The van der Waals surface area contributed by atoms with Gasteiger partial charge in [0, 0.05) is 36.9 Å². The van der Waals surface area contributed by atoms with E-state index < -0.39 is 0 Å². The molecule has 1 saturated heterocycles. The smallest absolute Gasteiger partial charge is 0.238 e. The lowest BCUT2D eigenvalue weighted by atomic mass is 10.2. The summed E-state index contributed by atoms with van der Waals surface area (Å²) in [5.41, 5.74) is 2.55. The molecule has 1 amide bonds. The summed E-state index contributed by atoms with van der Waals surface area (Å²) in [5.74, 6) is 0.251. The molecule has 1 fully saturated rings. The van der Waals surface area contributed by atoms with Crippen LogP contribution in [0.2, 0.25) is 5.02 Å². The third-order valence-electron chi connectivity index (χ3n) is 4.42. The predicted molar refractivity (Wildman–Crippen MR) is 102 cm³/mol. The summed E-state index contributed by atoms with van der Waals surface area (Å²) in [6, 6.07) is 12.9. The van der Waals surface area contributed by atoms with E-state index in [2.05, 4.69) is 15.1 Å². The first-order valence-corrected chi connectivity index (χ1v) is 8.72. The van der Waals surface area contributed by atoms with E-state index in [1.54, 1.807) is 12.1 Å². The third kappa shape index (κ3) is 4.44. The number of phenolic OH excluding ortho intramolecular Hbond substituents is 1. The summed E-state index contributed by atoms with van der Waals surface area (Å²) < 4.78 is 0. The number of carbonyl (C=O) groups is 1. The number of aryl methyl sites for hydroxylation is 1. The Labute approximate surface area is 152 Å². The van der Waals surface area contributed by atoms with Gasteiger partial charge in [-0.3, -0.25) is 9.69 Å². The molecule has 0 atom stereocenters. The highest BCUT2D eigenvalue weighted by atomic mass is 35.5. The van der Waals surface area contributed by atoms with Crippen LogP contribution in [0.1, 0.15) is 5.56 Å². The van der Waals surface area contributed by atoms with Gasteiger partial charge in [-0.25, -0.2) is 0 Å². The SMILES string of the molecule is Cc1ccc(NC(=O)CN2CCN(c3ccccc3O)CC2)cc1Cl. The lowest BCUT2D eigenvalue weighted by Gasteiger charge is -2.35. The number of hydrogen-bond acceptors (Lipinski definition) is 4. The van der Waals surface area contributed by atoms with E-state index in [-0.39, 0.29) is 5.91 Å². The first kappa shape index (κ1) is 17.6. The molecule has 2 aromatic rings. The fraction of sp³-hybridized carbons (Fsp3) is 0.316. The highest BCUT2D eigenvalue weighted by Crippen LogP contribution is 2.27. The van der Waals surface area contributed by atoms with Crippen molar-refractivity contribution in [2.45, 2.75) is 6.92 Å². The summed E-state index contributed by atoms with van der Waals surface area (Å²) >= 11 is 6.09. The zero-order valence-corrected chi connectivity index (χ0v) is 15.0. The van der Waals surface area contributed by atoms with Crippen molar-refractivity contribution in [1.29, 1.82) is 0 Å². The van der Waals surface area contributed by atoms with E-state index >= 15 is 0 Å². The molecule has 1 heterocycles. The molecule has 6 heteroatoms. The molecule has 0 bridgehead atoms. The lowest BCUT2D eigenvalue weighted by molar-refractivity contribution is -0.117. The van der Waals surface area contributed by atoms with E-state index in [0.717, 1.165) is 37.4 Å². The maximum atomic E-state index is 12.2. The molecule has 1 aliphatic heterocycles. The Morgan fingerprint density at radius 1 is 1.16 bits per heavy atom. The van der Waals surface area contributed by atoms with Gasteiger partial charge in [-0.05, 0) is 36.8 Å². The van der Waals surface area contributed by atoms with Gasteiger partial charge in [-0.2, -0.15) is 0 Å². The zero-order valence-electron chi connectivity index (χ0n) is 14.2. The first-order chi connectivity index (χ1) is 12.0. The summed E-state index contributed by atoms with van der Waals surface area (Å²) in [6.45, 7) is 5.38. The predicted octanol–water partition coefficient (Wildman–Crippen LogP) is 3.11. The molecule has 0 unspecified atom stereocenters. The quantitative estimate of drug-likeness (QED) is 0.880. The van der Waals surface area contributed by atoms with Crippen LogP contribution in [0, 0.1) is 6.92 Å². The molecular weight excluding hydrogens is 338 g/mol. The zero-order chi connectivity index (χ0) is 17.8. The van der Waals surface area contributed by atoms with Crippen LogP contribution in [0.15, 0.2) is 42.5 Å². The van der Waals surface area contributed by atoms with E-state index in [4.69, 9.17) is 11.6 Å². The molecule has 0 aliphatic carbocycles. The molecule has 1 aliphatic rings. The number of nitrogens with one attached hydrogen (secondary N) is 1.